The van der Waals surface area contributed by atoms with Crippen molar-refractivity contribution in [2.24, 2.45) is 0 Å². The van der Waals surface area contributed by atoms with Crippen molar-refractivity contribution in [3.63, 3.8) is 0 Å². The first-order valence-electron chi connectivity index (χ1n) is 7.69. The van der Waals surface area contributed by atoms with E-state index in [0.717, 1.165) is 11.3 Å². The predicted molar refractivity (Wildman–Crippen MR) is 94.3 cm³/mol. The Morgan fingerprint density at radius 1 is 0.958 bits per heavy atom. The molecule has 0 radical (unpaired) electrons. The van der Waals surface area contributed by atoms with Crippen molar-refractivity contribution in [3.05, 3.63) is 52.8 Å². The SMILES string of the molecule is CCOc1ccc(OC)c2c(=O)c(-c3ccc(OC)cc3)c[nH]c12. The average molecular weight is 325 g/mol. The minimum absolute atomic E-state index is 0.104. The van der Waals surface area contributed by atoms with Gasteiger partial charge in [-0.05, 0) is 36.8 Å². The van der Waals surface area contributed by atoms with Crippen molar-refractivity contribution in [3.8, 4) is 28.4 Å². The molecule has 1 heterocycles. The Labute approximate surface area is 139 Å². The summed E-state index contributed by atoms with van der Waals surface area (Å²) in [5, 5.41) is 0.483. The van der Waals surface area contributed by atoms with E-state index in [9.17, 15) is 4.79 Å². The van der Waals surface area contributed by atoms with E-state index in [2.05, 4.69) is 4.98 Å². The summed E-state index contributed by atoms with van der Waals surface area (Å²) in [4.78, 5) is 16.2. The topological polar surface area (TPSA) is 60.6 Å². The molecule has 0 aliphatic carbocycles. The van der Waals surface area contributed by atoms with Gasteiger partial charge in [0.1, 0.15) is 17.2 Å². The lowest BCUT2D eigenvalue weighted by molar-refractivity contribution is 0.343. The third-order valence-electron chi connectivity index (χ3n) is 3.88. The minimum atomic E-state index is -0.104. The largest absolute Gasteiger partial charge is 0.497 e. The Hall–Kier alpha value is -2.95. The number of pyridine rings is 1. The second-order valence-corrected chi connectivity index (χ2v) is 5.21. The van der Waals surface area contributed by atoms with Gasteiger partial charge < -0.3 is 19.2 Å². The maximum Gasteiger partial charge on any atom is 0.201 e. The molecule has 5 nitrogen and oxygen atoms in total. The Kier molecular flexibility index (Phi) is 4.42. The zero-order chi connectivity index (χ0) is 17.1. The molecule has 0 spiro atoms. The molecule has 1 N–H and O–H groups in total. The molecule has 0 aliphatic rings. The molecule has 0 saturated heterocycles. The van der Waals surface area contributed by atoms with Crippen LogP contribution in [0.1, 0.15) is 6.92 Å². The highest BCUT2D eigenvalue weighted by molar-refractivity contribution is 5.92. The molecule has 2 aromatic carbocycles. The molecule has 0 saturated carbocycles. The molecule has 3 rings (SSSR count). The second-order valence-electron chi connectivity index (χ2n) is 5.21. The van der Waals surface area contributed by atoms with Gasteiger partial charge in [0.15, 0.2) is 0 Å². The molecule has 3 aromatic rings. The number of ether oxygens (including phenoxy) is 3. The number of aromatic nitrogens is 1. The summed E-state index contributed by atoms with van der Waals surface area (Å²) in [6.45, 7) is 2.42. The van der Waals surface area contributed by atoms with Gasteiger partial charge in [-0.2, -0.15) is 0 Å². The van der Waals surface area contributed by atoms with Crippen LogP contribution in [-0.2, 0) is 0 Å². The van der Waals surface area contributed by atoms with Gasteiger partial charge >= 0.3 is 0 Å². The fourth-order valence-corrected chi connectivity index (χ4v) is 2.71. The number of fused-ring (bicyclic) bond motifs is 1. The van der Waals surface area contributed by atoms with E-state index >= 15 is 0 Å². The van der Waals surface area contributed by atoms with Crippen LogP contribution < -0.4 is 19.6 Å². The fourth-order valence-electron chi connectivity index (χ4n) is 2.71. The van der Waals surface area contributed by atoms with Gasteiger partial charge in [0.05, 0.1) is 31.7 Å². The van der Waals surface area contributed by atoms with E-state index in [1.165, 1.54) is 0 Å². The number of H-pyrrole nitrogens is 1. The van der Waals surface area contributed by atoms with Gasteiger partial charge in [0.2, 0.25) is 5.43 Å². The van der Waals surface area contributed by atoms with Gasteiger partial charge in [0.25, 0.3) is 0 Å². The molecular weight excluding hydrogens is 306 g/mol. The zero-order valence-electron chi connectivity index (χ0n) is 13.9. The maximum atomic E-state index is 13.0. The van der Waals surface area contributed by atoms with E-state index < -0.39 is 0 Å². The van der Waals surface area contributed by atoms with E-state index in [1.807, 2.05) is 31.2 Å². The van der Waals surface area contributed by atoms with E-state index in [-0.39, 0.29) is 5.43 Å². The maximum absolute atomic E-state index is 13.0. The first-order chi connectivity index (χ1) is 11.7. The van der Waals surface area contributed by atoms with E-state index in [4.69, 9.17) is 14.2 Å². The number of methoxy groups -OCH3 is 2. The average Bonchev–Trinajstić information content (AvgIpc) is 2.63. The molecule has 5 heteroatoms. The summed E-state index contributed by atoms with van der Waals surface area (Å²) in [7, 11) is 3.16. The van der Waals surface area contributed by atoms with Crippen LogP contribution in [0.25, 0.3) is 22.0 Å². The van der Waals surface area contributed by atoms with E-state index in [0.29, 0.717) is 34.6 Å². The van der Waals surface area contributed by atoms with Crippen LogP contribution in [0.2, 0.25) is 0 Å². The monoisotopic (exact) mass is 325 g/mol. The third kappa shape index (κ3) is 2.69. The van der Waals surface area contributed by atoms with Crippen LogP contribution in [0.15, 0.2) is 47.4 Å². The standard InChI is InChI=1S/C19H19NO4/c1-4-24-16-10-9-15(23-3)17-18(16)20-11-14(19(17)21)12-5-7-13(22-2)8-6-12/h5-11H,4H2,1-3H3,(H,20,21). The van der Waals surface area contributed by atoms with E-state index in [1.54, 1.807) is 32.5 Å². The Bertz CT molecular complexity index is 913. The quantitative estimate of drug-likeness (QED) is 0.778. The van der Waals surface area contributed by atoms with Gasteiger partial charge in [0, 0.05) is 11.8 Å². The second kappa shape index (κ2) is 6.66. The van der Waals surface area contributed by atoms with Crippen molar-refractivity contribution in [1.82, 2.24) is 4.98 Å². The number of benzene rings is 2. The highest BCUT2D eigenvalue weighted by Crippen LogP contribution is 2.31. The number of hydrogen-bond acceptors (Lipinski definition) is 4. The van der Waals surface area contributed by atoms with Crippen molar-refractivity contribution in [1.29, 1.82) is 0 Å². The Balaban J connectivity index is 2.24. The molecule has 0 bridgehead atoms. The number of hydrogen-bond donors (Lipinski definition) is 1. The molecular formula is C19H19NO4. The third-order valence-corrected chi connectivity index (χ3v) is 3.88. The van der Waals surface area contributed by atoms with Crippen molar-refractivity contribution in [2.45, 2.75) is 6.92 Å². The molecule has 1 aromatic heterocycles. The fraction of sp³-hybridized carbons (Fsp3) is 0.211. The number of nitrogens with one attached hydrogen (secondary N) is 1. The van der Waals surface area contributed by atoms with Crippen LogP contribution in [0.4, 0.5) is 0 Å². The van der Waals surface area contributed by atoms with Crippen LogP contribution in [0.3, 0.4) is 0 Å². The molecule has 24 heavy (non-hydrogen) atoms. The predicted octanol–water partition coefficient (Wildman–Crippen LogP) is 3.61. The van der Waals surface area contributed by atoms with Crippen molar-refractivity contribution < 1.29 is 14.2 Å². The summed E-state index contributed by atoms with van der Waals surface area (Å²) in [5.41, 5.74) is 1.91. The summed E-state index contributed by atoms with van der Waals surface area (Å²) < 4.78 is 16.1. The van der Waals surface area contributed by atoms with Gasteiger partial charge in [-0.25, -0.2) is 0 Å². The van der Waals surface area contributed by atoms with Crippen molar-refractivity contribution >= 4 is 10.9 Å². The first kappa shape index (κ1) is 15.9. The van der Waals surface area contributed by atoms with Gasteiger partial charge in [-0.1, -0.05) is 12.1 Å². The van der Waals surface area contributed by atoms with Crippen molar-refractivity contribution in [2.75, 3.05) is 20.8 Å². The van der Waals surface area contributed by atoms with Crippen LogP contribution >= 0.6 is 0 Å². The smallest absolute Gasteiger partial charge is 0.201 e. The molecule has 0 atom stereocenters. The summed E-state index contributed by atoms with van der Waals surface area (Å²) in [5.74, 6) is 1.89. The lowest BCUT2D eigenvalue weighted by Crippen LogP contribution is -2.09. The Morgan fingerprint density at radius 3 is 2.29 bits per heavy atom. The number of rotatable bonds is 5. The van der Waals surface area contributed by atoms with Gasteiger partial charge in [-0.3, -0.25) is 4.79 Å². The first-order valence-corrected chi connectivity index (χ1v) is 7.69. The molecule has 0 aliphatic heterocycles. The van der Waals surface area contributed by atoms with Crippen LogP contribution in [0.5, 0.6) is 17.2 Å². The molecule has 0 amide bonds. The Morgan fingerprint density at radius 2 is 1.67 bits per heavy atom. The van der Waals surface area contributed by atoms with Crippen LogP contribution in [0, 0.1) is 0 Å². The highest BCUT2D eigenvalue weighted by atomic mass is 16.5. The summed E-state index contributed by atoms with van der Waals surface area (Å²) in [6.07, 6.45) is 1.70. The van der Waals surface area contributed by atoms with Gasteiger partial charge in [-0.15, -0.1) is 0 Å². The summed E-state index contributed by atoms with van der Waals surface area (Å²) >= 11 is 0. The minimum Gasteiger partial charge on any atom is -0.497 e. The number of aromatic amines is 1. The normalized spacial score (nSPS) is 10.6. The molecule has 0 unspecified atom stereocenters. The zero-order valence-corrected chi connectivity index (χ0v) is 13.9. The van der Waals surface area contributed by atoms with Crippen LogP contribution in [-0.4, -0.2) is 25.8 Å². The highest BCUT2D eigenvalue weighted by Gasteiger charge is 2.15. The summed E-state index contributed by atoms with van der Waals surface area (Å²) in [6, 6.07) is 10.9. The lowest BCUT2D eigenvalue weighted by Gasteiger charge is -2.12. The molecule has 0 fully saturated rings. The molecule has 124 valence electrons. The lowest BCUT2D eigenvalue weighted by atomic mass is 10.0.